The molecule has 0 radical (unpaired) electrons. The molecule has 0 aliphatic rings. The fourth-order valence-corrected chi connectivity index (χ4v) is 2.88. The molecular formula is C7H18O8P2. The van der Waals surface area contributed by atoms with Crippen LogP contribution >= 0.6 is 15.4 Å². The summed E-state index contributed by atoms with van der Waals surface area (Å²) < 4.78 is 25.4. The van der Waals surface area contributed by atoms with Crippen LogP contribution in [0, 0.1) is 0 Å². The van der Waals surface area contributed by atoms with Crippen LogP contribution in [-0.2, 0) is 13.7 Å². The van der Waals surface area contributed by atoms with Crippen molar-refractivity contribution in [2.24, 2.45) is 0 Å². The standard InChI is InChI=1S/C7H18O8P2/c1-2-3-4-5-6-7(8,16(9,10)11)15-17(12,13)14/h8H,2-6H2,1H3,(H2,9,10,11)(H2,12,13,14). The normalized spacial score (nSPS) is 16.8. The van der Waals surface area contributed by atoms with Gasteiger partial charge >= 0.3 is 15.4 Å². The number of phosphoric ester groups is 1. The SMILES string of the molecule is CCCCCCC(O)(OP(=O)(O)O)P(=O)(O)O. The van der Waals surface area contributed by atoms with E-state index in [1.54, 1.807) is 0 Å². The molecule has 1 unspecified atom stereocenters. The molecule has 0 rings (SSSR count). The highest BCUT2D eigenvalue weighted by Gasteiger charge is 2.50. The van der Waals surface area contributed by atoms with Crippen LogP contribution in [-0.4, -0.2) is 30.2 Å². The van der Waals surface area contributed by atoms with Crippen molar-refractivity contribution in [3.05, 3.63) is 0 Å². The quantitative estimate of drug-likeness (QED) is 0.252. The average Bonchev–Trinajstić information content (AvgIpc) is 2.08. The largest absolute Gasteiger partial charge is 0.472 e. The van der Waals surface area contributed by atoms with Gasteiger partial charge in [0.25, 0.3) is 5.53 Å². The van der Waals surface area contributed by atoms with E-state index < -0.39 is 27.4 Å². The van der Waals surface area contributed by atoms with Crippen molar-refractivity contribution < 1.29 is 38.3 Å². The third-order valence-electron chi connectivity index (χ3n) is 2.08. The zero-order chi connectivity index (χ0) is 13.7. The molecular weight excluding hydrogens is 274 g/mol. The summed E-state index contributed by atoms with van der Waals surface area (Å²) in [5.74, 6) is 0. The van der Waals surface area contributed by atoms with Gasteiger partial charge in [-0.1, -0.05) is 26.2 Å². The van der Waals surface area contributed by atoms with Crippen LogP contribution < -0.4 is 0 Å². The summed E-state index contributed by atoms with van der Waals surface area (Å²) in [5.41, 5.74) is -3.13. The number of hydrogen-bond donors (Lipinski definition) is 5. The number of rotatable bonds is 8. The van der Waals surface area contributed by atoms with Gasteiger partial charge in [0, 0.05) is 6.42 Å². The highest BCUT2D eigenvalue weighted by Crippen LogP contribution is 2.58. The van der Waals surface area contributed by atoms with Gasteiger partial charge in [-0.05, 0) is 6.42 Å². The molecule has 0 spiro atoms. The first-order valence-corrected chi connectivity index (χ1v) is 8.20. The van der Waals surface area contributed by atoms with Gasteiger partial charge in [0.1, 0.15) is 0 Å². The molecule has 17 heavy (non-hydrogen) atoms. The molecule has 0 saturated heterocycles. The predicted octanol–water partition coefficient (Wildman–Crippen LogP) is 0.890. The third-order valence-corrected chi connectivity index (χ3v) is 3.99. The van der Waals surface area contributed by atoms with Crippen LogP contribution in [0.25, 0.3) is 0 Å². The maximum absolute atomic E-state index is 11.0. The Balaban J connectivity index is 4.65. The van der Waals surface area contributed by atoms with Crippen molar-refractivity contribution in [2.75, 3.05) is 0 Å². The predicted molar refractivity (Wildman–Crippen MR) is 58.9 cm³/mol. The minimum atomic E-state index is -5.19. The molecule has 0 aromatic rings. The van der Waals surface area contributed by atoms with E-state index in [2.05, 4.69) is 4.52 Å². The van der Waals surface area contributed by atoms with E-state index in [9.17, 15) is 14.2 Å². The van der Waals surface area contributed by atoms with Gasteiger partial charge in [-0.2, -0.15) is 0 Å². The minimum Gasteiger partial charge on any atom is -0.356 e. The van der Waals surface area contributed by atoms with Crippen LogP contribution in [0.15, 0.2) is 0 Å². The fourth-order valence-electron chi connectivity index (χ4n) is 1.22. The van der Waals surface area contributed by atoms with Gasteiger partial charge in [-0.15, -0.1) is 0 Å². The lowest BCUT2D eigenvalue weighted by Crippen LogP contribution is -2.31. The number of phosphoric acid groups is 1. The first-order chi connectivity index (χ1) is 7.52. The molecule has 0 bridgehead atoms. The second-order valence-corrected chi connectivity index (χ2v) is 6.63. The highest BCUT2D eigenvalue weighted by atomic mass is 31.2. The van der Waals surface area contributed by atoms with E-state index in [1.807, 2.05) is 6.92 Å². The van der Waals surface area contributed by atoms with Crippen LogP contribution in [0.3, 0.4) is 0 Å². The Morgan fingerprint density at radius 3 is 1.94 bits per heavy atom. The molecule has 104 valence electrons. The summed E-state index contributed by atoms with van der Waals surface area (Å²) in [6.07, 6.45) is 1.88. The van der Waals surface area contributed by atoms with Crippen molar-refractivity contribution in [1.29, 1.82) is 0 Å². The van der Waals surface area contributed by atoms with E-state index >= 15 is 0 Å². The summed E-state index contributed by atoms with van der Waals surface area (Å²) in [6, 6.07) is 0. The fraction of sp³-hybridized carbons (Fsp3) is 1.00. The zero-order valence-electron chi connectivity index (χ0n) is 9.39. The number of aliphatic hydroxyl groups is 1. The van der Waals surface area contributed by atoms with E-state index in [0.717, 1.165) is 12.8 Å². The van der Waals surface area contributed by atoms with Gasteiger partial charge in [-0.3, -0.25) is 4.57 Å². The maximum Gasteiger partial charge on any atom is 0.472 e. The molecule has 0 amide bonds. The van der Waals surface area contributed by atoms with Crippen molar-refractivity contribution in [3.63, 3.8) is 0 Å². The average molecular weight is 292 g/mol. The molecule has 0 aromatic heterocycles. The topological polar surface area (TPSA) is 145 Å². The van der Waals surface area contributed by atoms with Crippen molar-refractivity contribution in [1.82, 2.24) is 0 Å². The Kier molecular flexibility index (Phi) is 6.49. The Bertz CT molecular complexity index is 320. The van der Waals surface area contributed by atoms with E-state index in [4.69, 9.17) is 19.6 Å². The van der Waals surface area contributed by atoms with Crippen molar-refractivity contribution >= 4 is 15.4 Å². The maximum atomic E-state index is 11.0. The Morgan fingerprint density at radius 1 is 1.06 bits per heavy atom. The van der Waals surface area contributed by atoms with Crippen LogP contribution in [0.4, 0.5) is 0 Å². The molecule has 0 fully saturated rings. The second kappa shape index (κ2) is 6.41. The first kappa shape index (κ1) is 17.2. The van der Waals surface area contributed by atoms with Crippen molar-refractivity contribution in [3.8, 4) is 0 Å². The summed E-state index contributed by atoms with van der Waals surface area (Å²) in [7, 11) is -10.4. The van der Waals surface area contributed by atoms with Gasteiger partial charge < -0.3 is 24.7 Å². The molecule has 10 heteroatoms. The molecule has 1 atom stereocenters. The van der Waals surface area contributed by atoms with Gasteiger partial charge in [0.15, 0.2) is 0 Å². The van der Waals surface area contributed by atoms with Crippen LogP contribution in [0.1, 0.15) is 39.0 Å². The number of hydrogen-bond acceptors (Lipinski definition) is 4. The molecule has 0 aromatic carbocycles. The second-order valence-electron chi connectivity index (χ2n) is 3.68. The Labute approximate surface area is 99.0 Å². The summed E-state index contributed by atoms with van der Waals surface area (Å²) in [4.78, 5) is 34.7. The van der Waals surface area contributed by atoms with Gasteiger partial charge in [0.2, 0.25) is 0 Å². The lowest BCUT2D eigenvalue weighted by atomic mass is 10.1. The Morgan fingerprint density at radius 2 is 1.59 bits per heavy atom. The molecule has 0 saturated carbocycles. The molecule has 0 aliphatic carbocycles. The molecule has 0 heterocycles. The van der Waals surface area contributed by atoms with Gasteiger partial charge in [-0.25, -0.2) is 9.09 Å². The molecule has 5 N–H and O–H groups in total. The summed E-state index contributed by atoms with van der Waals surface area (Å²) >= 11 is 0. The minimum absolute atomic E-state index is 0.190. The van der Waals surface area contributed by atoms with E-state index in [1.165, 1.54) is 0 Å². The van der Waals surface area contributed by atoms with E-state index in [-0.39, 0.29) is 6.42 Å². The zero-order valence-corrected chi connectivity index (χ0v) is 11.2. The highest BCUT2D eigenvalue weighted by molar-refractivity contribution is 7.54. The third kappa shape index (κ3) is 6.64. The number of unbranched alkanes of at least 4 members (excludes halogenated alkanes) is 3. The van der Waals surface area contributed by atoms with Crippen LogP contribution in [0.2, 0.25) is 0 Å². The lowest BCUT2D eigenvalue weighted by Gasteiger charge is -2.28. The van der Waals surface area contributed by atoms with Crippen molar-refractivity contribution in [2.45, 2.75) is 44.6 Å². The lowest BCUT2D eigenvalue weighted by molar-refractivity contribution is -0.102. The summed E-state index contributed by atoms with van der Waals surface area (Å²) in [5, 5.41) is 9.51. The Hall–Kier alpha value is 0.220. The molecule has 8 nitrogen and oxygen atoms in total. The first-order valence-electron chi connectivity index (χ1n) is 5.06. The van der Waals surface area contributed by atoms with Gasteiger partial charge in [0.05, 0.1) is 0 Å². The molecule has 0 aliphatic heterocycles. The monoisotopic (exact) mass is 292 g/mol. The summed E-state index contributed by atoms with van der Waals surface area (Å²) in [6.45, 7) is 1.92. The van der Waals surface area contributed by atoms with E-state index in [0.29, 0.717) is 6.42 Å². The van der Waals surface area contributed by atoms with Crippen LogP contribution in [0.5, 0.6) is 0 Å². The smallest absolute Gasteiger partial charge is 0.356 e.